The van der Waals surface area contributed by atoms with Crippen molar-refractivity contribution in [1.29, 1.82) is 0 Å². The fraction of sp³-hybridized carbons (Fsp3) is 0.667. The number of allylic oxidation sites excluding steroid dienone is 1. The zero-order valence-corrected chi connectivity index (χ0v) is 11.1. The summed E-state index contributed by atoms with van der Waals surface area (Å²) < 4.78 is 0. The van der Waals surface area contributed by atoms with Crippen molar-refractivity contribution in [2.24, 2.45) is 11.7 Å². The smallest absolute Gasteiger partial charge is 0.0921 e. The van der Waals surface area contributed by atoms with Gasteiger partial charge in [-0.3, -0.25) is 0 Å². The average Bonchev–Trinajstić information content (AvgIpc) is 2.89. The van der Waals surface area contributed by atoms with Crippen LogP contribution in [0, 0.1) is 5.92 Å². The Bertz CT molecular complexity index is 337. The van der Waals surface area contributed by atoms with E-state index in [1.54, 1.807) is 6.33 Å². The van der Waals surface area contributed by atoms with E-state index in [1.807, 2.05) is 6.20 Å². The maximum atomic E-state index is 6.16. The van der Waals surface area contributed by atoms with E-state index in [1.165, 1.54) is 44.2 Å². The minimum absolute atomic E-state index is 0.245. The van der Waals surface area contributed by atoms with Gasteiger partial charge in [0, 0.05) is 17.9 Å². The Morgan fingerprint density at radius 2 is 2.22 bits per heavy atom. The van der Waals surface area contributed by atoms with Crippen LogP contribution in [0.3, 0.4) is 0 Å². The molecule has 0 radical (unpaired) electrons. The van der Waals surface area contributed by atoms with Crippen LogP contribution in [0.1, 0.15) is 50.6 Å². The summed E-state index contributed by atoms with van der Waals surface area (Å²) in [6, 6.07) is 0.245. The van der Waals surface area contributed by atoms with Gasteiger partial charge in [-0.05, 0) is 25.2 Å². The molecule has 1 saturated carbocycles. The van der Waals surface area contributed by atoms with Crippen molar-refractivity contribution < 1.29 is 0 Å². The lowest BCUT2D eigenvalue weighted by Crippen LogP contribution is -2.22. The number of imidazole rings is 1. The van der Waals surface area contributed by atoms with Crippen LogP contribution >= 0.6 is 0 Å². The molecule has 1 heterocycles. The number of nitrogens with zero attached hydrogens (tertiary/aromatic N) is 1. The number of aromatic nitrogens is 2. The molecule has 3 N–H and O–H groups in total. The predicted octanol–water partition coefficient (Wildman–Crippen LogP) is 3.20. The van der Waals surface area contributed by atoms with E-state index in [9.17, 15) is 0 Å². The average molecular weight is 247 g/mol. The van der Waals surface area contributed by atoms with E-state index >= 15 is 0 Å². The van der Waals surface area contributed by atoms with Gasteiger partial charge in [-0.2, -0.15) is 0 Å². The molecule has 2 rings (SSSR count). The minimum atomic E-state index is 0.245. The lowest BCUT2D eigenvalue weighted by atomic mass is 9.85. The van der Waals surface area contributed by atoms with Crippen LogP contribution in [0.5, 0.6) is 0 Å². The Kier molecular flexibility index (Phi) is 5.46. The molecule has 0 aromatic carbocycles. The first-order valence-electron chi connectivity index (χ1n) is 7.24. The van der Waals surface area contributed by atoms with Gasteiger partial charge in [-0.15, -0.1) is 0 Å². The van der Waals surface area contributed by atoms with Crippen LogP contribution in [-0.4, -0.2) is 16.0 Å². The first kappa shape index (κ1) is 13.3. The van der Waals surface area contributed by atoms with Gasteiger partial charge in [-0.1, -0.05) is 44.3 Å². The molecule has 1 aliphatic rings. The molecular weight excluding hydrogens is 222 g/mol. The SMILES string of the molecule is N[C@@H](/C=C\CCc1cnc[nH]1)CC1CCCCC1. The molecule has 1 aromatic rings. The van der Waals surface area contributed by atoms with Crippen molar-refractivity contribution in [1.82, 2.24) is 9.97 Å². The summed E-state index contributed by atoms with van der Waals surface area (Å²) in [7, 11) is 0. The minimum Gasteiger partial charge on any atom is -0.348 e. The van der Waals surface area contributed by atoms with Crippen molar-refractivity contribution in [3.05, 3.63) is 30.4 Å². The van der Waals surface area contributed by atoms with E-state index in [-0.39, 0.29) is 6.04 Å². The third-order valence-electron chi connectivity index (χ3n) is 3.85. The molecule has 3 nitrogen and oxygen atoms in total. The van der Waals surface area contributed by atoms with Crippen LogP contribution in [0.4, 0.5) is 0 Å². The second-order valence-electron chi connectivity index (χ2n) is 5.45. The van der Waals surface area contributed by atoms with E-state index in [2.05, 4.69) is 22.1 Å². The summed E-state index contributed by atoms with van der Waals surface area (Å²) >= 11 is 0. The largest absolute Gasteiger partial charge is 0.348 e. The Balaban J connectivity index is 1.62. The molecule has 18 heavy (non-hydrogen) atoms. The number of aryl methyl sites for hydroxylation is 1. The molecule has 0 aliphatic heterocycles. The van der Waals surface area contributed by atoms with Gasteiger partial charge in [0.2, 0.25) is 0 Å². The Morgan fingerprint density at radius 3 is 2.94 bits per heavy atom. The maximum absolute atomic E-state index is 6.16. The van der Waals surface area contributed by atoms with Gasteiger partial charge in [-0.25, -0.2) is 4.98 Å². The van der Waals surface area contributed by atoms with Crippen molar-refractivity contribution in [2.45, 2.75) is 57.4 Å². The Labute approximate surface area is 110 Å². The highest BCUT2D eigenvalue weighted by Gasteiger charge is 2.15. The van der Waals surface area contributed by atoms with Crippen LogP contribution in [0.2, 0.25) is 0 Å². The summed E-state index contributed by atoms with van der Waals surface area (Å²) in [5.41, 5.74) is 7.35. The van der Waals surface area contributed by atoms with Crippen LogP contribution in [0.25, 0.3) is 0 Å². The van der Waals surface area contributed by atoms with E-state index in [0.29, 0.717) is 0 Å². The molecule has 1 atom stereocenters. The highest BCUT2D eigenvalue weighted by Crippen LogP contribution is 2.27. The van der Waals surface area contributed by atoms with Crippen LogP contribution in [0.15, 0.2) is 24.7 Å². The van der Waals surface area contributed by atoms with Gasteiger partial charge in [0.1, 0.15) is 0 Å². The van der Waals surface area contributed by atoms with Gasteiger partial charge in [0.05, 0.1) is 6.33 Å². The fourth-order valence-corrected chi connectivity index (χ4v) is 2.82. The lowest BCUT2D eigenvalue weighted by molar-refractivity contribution is 0.329. The summed E-state index contributed by atoms with van der Waals surface area (Å²) in [4.78, 5) is 7.12. The zero-order valence-electron chi connectivity index (χ0n) is 11.1. The molecule has 3 heteroatoms. The van der Waals surface area contributed by atoms with E-state index < -0.39 is 0 Å². The van der Waals surface area contributed by atoms with Crippen molar-refractivity contribution in [3.8, 4) is 0 Å². The van der Waals surface area contributed by atoms with E-state index in [0.717, 1.165) is 18.8 Å². The number of aromatic amines is 1. The van der Waals surface area contributed by atoms with Crippen molar-refractivity contribution in [2.75, 3.05) is 0 Å². The topological polar surface area (TPSA) is 54.7 Å². The van der Waals surface area contributed by atoms with Crippen LogP contribution < -0.4 is 5.73 Å². The molecule has 1 aliphatic carbocycles. The monoisotopic (exact) mass is 247 g/mol. The number of rotatable bonds is 6. The third-order valence-corrected chi connectivity index (χ3v) is 3.85. The first-order valence-corrected chi connectivity index (χ1v) is 7.24. The molecule has 0 saturated heterocycles. The highest BCUT2D eigenvalue weighted by atomic mass is 14.9. The van der Waals surface area contributed by atoms with E-state index in [4.69, 9.17) is 5.73 Å². The molecule has 0 spiro atoms. The third kappa shape index (κ3) is 4.65. The summed E-state index contributed by atoms with van der Waals surface area (Å²) in [5.74, 6) is 0.867. The standard InChI is InChI=1S/C15H25N3/c16-14(10-13-6-2-1-3-7-13)8-4-5-9-15-11-17-12-18-15/h4,8,11-14H,1-3,5-7,9-10,16H2,(H,17,18)/b8-4-/t14-/m0/s1. The van der Waals surface area contributed by atoms with Gasteiger partial charge in [0.15, 0.2) is 0 Å². The number of nitrogens with two attached hydrogens (primary N) is 1. The Morgan fingerprint density at radius 1 is 1.39 bits per heavy atom. The summed E-state index contributed by atoms with van der Waals surface area (Å²) in [6.07, 6.45) is 18.2. The summed E-state index contributed by atoms with van der Waals surface area (Å²) in [5, 5.41) is 0. The lowest BCUT2D eigenvalue weighted by Gasteiger charge is -2.23. The normalized spacial score (nSPS) is 19.4. The van der Waals surface area contributed by atoms with Crippen molar-refractivity contribution >= 4 is 0 Å². The van der Waals surface area contributed by atoms with Gasteiger partial charge in [0.25, 0.3) is 0 Å². The molecule has 0 unspecified atom stereocenters. The predicted molar refractivity (Wildman–Crippen MR) is 75.2 cm³/mol. The second kappa shape index (κ2) is 7.37. The molecular formula is C15H25N3. The molecule has 0 amide bonds. The number of hydrogen-bond acceptors (Lipinski definition) is 2. The maximum Gasteiger partial charge on any atom is 0.0921 e. The van der Waals surface area contributed by atoms with Crippen LogP contribution in [-0.2, 0) is 6.42 Å². The second-order valence-corrected chi connectivity index (χ2v) is 5.45. The number of hydrogen-bond donors (Lipinski definition) is 2. The molecule has 0 bridgehead atoms. The van der Waals surface area contributed by atoms with Gasteiger partial charge < -0.3 is 10.7 Å². The zero-order chi connectivity index (χ0) is 12.6. The quantitative estimate of drug-likeness (QED) is 0.758. The highest BCUT2D eigenvalue weighted by molar-refractivity contribution is 4.99. The van der Waals surface area contributed by atoms with Crippen molar-refractivity contribution in [3.63, 3.8) is 0 Å². The number of H-pyrrole nitrogens is 1. The van der Waals surface area contributed by atoms with Gasteiger partial charge >= 0.3 is 0 Å². The fourth-order valence-electron chi connectivity index (χ4n) is 2.82. The molecule has 1 fully saturated rings. The first-order chi connectivity index (χ1) is 8.84. The molecule has 100 valence electrons. The number of nitrogens with one attached hydrogen (secondary N) is 1. The Hall–Kier alpha value is -1.09. The summed E-state index contributed by atoms with van der Waals surface area (Å²) in [6.45, 7) is 0. The molecule has 1 aromatic heterocycles.